The standard InChI is InChI=1S/C16H29F2NO2S/c1-15(2,3)19(14(20)21)10-4-5-11-22-12-13-6-8-16(17,18)9-7-13/h13H,4-12H2,1-3H3,(H,20,21). The van der Waals surface area contributed by atoms with Gasteiger partial charge in [-0.3, -0.25) is 0 Å². The molecule has 0 saturated heterocycles. The van der Waals surface area contributed by atoms with Crippen LogP contribution in [-0.2, 0) is 0 Å². The molecule has 0 bridgehead atoms. The van der Waals surface area contributed by atoms with Crippen molar-refractivity contribution in [2.24, 2.45) is 5.92 Å². The Balaban J connectivity index is 2.10. The van der Waals surface area contributed by atoms with Crippen molar-refractivity contribution in [3.63, 3.8) is 0 Å². The topological polar surface area (TPSA) is 40.5 Å². The molecule has 0 heterocycles. The van der Waals surface area contributed by atoms with Crippen LogP contribution >= 0.6 is 11.8 Å². The van der Waals surface area contributed by atoms with Crippen LogP contribution in [0.25, 0.3) is 0 Å². The summed E-state index contributed by atoms with van der Waals surface area (Å²) >= 11 is 1.82. The molecule has 3 nitrogen and oxygen atoms in total. The smallest absolute Gasteiger partial charge is 0.407 e. The van der Waals surface area contributed by atoms with Crippen molar-refractivity contribution in [2.75, 3.05) is 18.1 Å². The summed E-state index contributed by atoms with van der Waals surface area (Å²) in [7, 11) is 0. The second kappa shape index (κ2) is 8.37. The zero-order chi connectivity index (χ0) is 16.8. The van der Waals surface area contributed by atoms with Crippen molar-refractivity contribution in [1.29, 1.82) is 0 Å². The minimum Gasteiger partial charge on any atom is -0.465 e. The summed E-state index contributed by atoms with van der Waals surface area (Å²) in [5.41, 5.74) is -0.369. The van der Waals surface area contributed by atoms with Gasteiger partial charge in [0.25, 0.3) is 0 Å². The minimum atomic E-state index is -2.44. The van der Waals surface area contributed by atoms with E-state index in [9.17, 15) is 18.7 Å². The van der Waals surface area contributed by atoms with Gasteiger partial charge < -0.3 is 10.0 Å². The fourth-order valence-electron chi connectivity index (χ4n) is 2.71. The predicted octanol–water partition coefficient (Wildman–Crippen LogP) is 5.10. The predicted molar refractivity (Wildman–Crippen MR) is 87.9 cm³/mol. The van der Waals surface area contributed by atoms with Crippen LogP contribution in [0.4, 0.5) is 13.6 Å². The second-order valence-electron chi connectivity index (χ2n) is 7.19. The Morgan fingerprint density at radius 2 is 1.86 bits per heavy atom. The molecule has 1 amide bonds. The minimum absolute atomic E-state index is 0.0391. The number of alkyl halides is 2. The molecule has 0 unspecified atom stereocenters. The molecule has 0 spiro atoms. The molecule has 22 heavy (non-hydrogen) atoms. The van der Waals surface area contributed by atoms with Crippen LogP contribution in [0.1, 0.15) is 59.3 Å². The van der Waals surface area contributed by atoms with E-state index in [-0.39, 0.29) is 18.4 Å². The van der Waals surface area contributed by atoms with Crippen molar-refractivity contribution in [3.8, 4) is 0 Å². The van der Waals surface area contributed by atoms with Gasteiger partial charge in [-0.05, 0) is 63.9 Å². The molecule has 0 aromatic heterocycles. The SMILES string of the molecule is CC(C)(C)N(CCCCSCC1CCC(F)(F)CC1)C(=O)O. The molecule has 1 fully saturated rings. The van der Waals surface area contributed by atoms with Gasteiger partial charge in [-0.15, -0.1) is 0 Å². The lowest BCUT2D eigenvalue weighted by molar-refractivity contribution is -0.0433. The molecular weight excluding hydrogens is 308 g/mol. The third-order valence-corrected chi connectivity index (χ3v) is 5.44. The first-order valence-corrected chi connectivity index (χ1v) is 9.23. The number of carboxylic acid groups (broad SMARTS) is 1. The van der Waals surface area contributed by atoms with Crippen molar-refractivity contribution in [1.82, 2.24) is 4.90 Å². The number of carbonyl (C=O) groups is 1. The Kier molecular flexibility index (Phi) is 7.42. The van der Waals surface area contributed by atoms with Crippen molar-refractivity contribution >= 4 is 17.9 Å². The van der Waals surface area contributed by atoms with E-state index >= 15 is 0 Å². The van der Waals surface area contributed by atoms with Gasteiger partial charge in [-0.2, -0.15) is 11.8 Å². The number of rotatable bonds is 7. The van der Waals surface area contributed by atoms with Gasteiger partial charge in [0.1, 0.15) is 0 Å². The van der Waals surface area contributed by atoms with Crippen LogP contribution in [-0.4, -0.2) is 45.6 Å². The lowest BCUT2D eigenvalue weighted by Gasteiger charge is -2.33. The first-order chi connectivity index (χ1) is 10.1. The van der Waals surface area contributed by atoms with Crippen LogP contribution in [0.3, 0.4) is 0 Å². The number of unbranched alkanes of at least 4 members (excludes halogenated alkanes) is 1. The van der Waals surface area contributed by atoms with E-state index in [4.69, 9.17) is 0 Å². The summed E-state index contributed by atoms with van der Waals surface area (Å²) in [5.74, 6) is -0.0774. The van der Waals surface area contributed by atoms with Crippen LogP contribution in [0.2, 0.25) is 0 Å². The molecule has 6 heteroatoms. The van der Waals surface area contributed by atoms with Gasteiger partial charge >= 0.3 is 6.09 Å². The maximum absolute atomic E-state index is 13.0. The highest BCUT2D eigenvalue weighted by Gasteiger charge is 2.34. The first kappa shape index (κ1) is 19.5. The Bertz CT molecular complexity index is 349. The highest BCUT2D eigenvalue weighted by Crippen LogP contribution is 2.37. The zero-order valence-electron chi connectivity index (χ0n) is 13.9. The number of halogens is 2. The quantitative estimate of drug-likeness (QED) is 0.657. The molecule has 1 rings (SSSR count). The van der Waals surface area contributed by atoms with E-state index in [1.807, 2.05) is 32.5 Å². The van der Waals surface area contributed by atoms with Crippen LogP contribution in [0.5, 0.6) is 0 Å². The average Bonchev–Trinajstić information content (AvgIpc) is 2.37. The van der Waals surface area contributed by atoms with Gasteiger partial charge in [0.15, 0.2) is 0 Å². The zero-order valence-corrected chi connectivity index (χ0v) is 14.7. The monoisotopic (exact) mass is 337 g/mol. The van der Waals surface area contributed by atoms with E-state index in [1.165, 1.54) is 4.90 Å². The molecule has 1 saturated carbocycles. The van der Waals surface area contributed by atoms with E-state index < -0.39 is 12.0 Å². The number of amides is 1. The van der Waals surface area contributed by atoms with Gasteiger partial charge in [0.2, 0.25) is 5.92 Å². The lowest BCUT2D eigenvalue weighted by atomic mass is 9.88. The Hall–Kier alpha value is -0.520. The van der Waals surface area contributed by atoms with Crippen LogP contribution in [0, 0.1) is 5.92 Å². The van der Waals surface area contributed by atoms with Crippen molar-refractivity contribution in [3.05, 3.63) is 0 Å². The Morgan fingerprint density at radius 1 is 1.27 bits per heavy atom. The summed E-state index contributed by atoms with van der Waals surface area (Å²) in [6.07, 6.45) is 2.29. The molecule has 0 atom stereocenters. The number of thioether (sulfide) groups is 1. The molecule has 130 valence electrons. The van der Waals surface area contributed by atoms with Gasteiger partial charge in [-0.25, -0.2) is 13.6 Å². The molecule has 0 radical (unpaired) electrons. The molecular formula is C16H29F2NO2S. The van der Waals surface area contributed by atoms with E-state index in [2.05, 4.69) is 0 Å². The number of hydrogen-bond donors (Lipinski definition) is 1. The van der Waals surface area contributed by atoms with E-state index in [1.54, 1.807) is 0 Å². The summed E-state index contributed by atoms with van der Waals surface area (Å²) in [4.78, 5) is 12.7. The van der Waals surface area contributed by atoms with Gasteiger partial charge in [0, 0.05) is 24.9 Å². The third-order valence-electron chi connectivity index (χ3n) is 4.15. The molecule has 1 N–H and O–H groups in total. The maximum atomic E-state index is 13.0. The fraction of sp³-hybridized carbons (Fsp3) is 0.938. The third kappa shape index (κ3) is 7.16. The van der Waals surface area contributed by atoms with Crippen molar-refractivity contribution in [2.45, 2.75) is 70.8 Å². The molecule has 1 aliphatic rings. The van der Waals surface area contributed by atoms with Gasteiger partial charge in [0.05, 0.1) is 0 Å². The molecule has 1 aliphatic carbocycles. The van der Waals surface area contributed by atoms with E-state index in [0.29, 0.717) is 25.3 Å². The number of nitrogens with zero attached hydrogens (tertiary/aromatic N) is 1. The highest BCUT2D eigenvalue weighted by atomic mass is 32.2. The van der Waals surface area contributed by atoms with Gasteiger partial charge in [-0.1, -0.05) is 0 Å². The molecule has 0 aromatic carbocycles. The molecule has 0 aliphatic heterocycles. The summed E-state index contributed by atoms with van der Waals surface area (Å²) in [6, 6.07) is 0. The first-order valence-electron chi connectivity index (χ1n) is 8.08. The average molecular weight is 337 g/mol. The summed E-state index contributed by atoms with van der Waals surface area (Å²) in [5, 5.41) is 9.18. The molecule has 0 aromatic rings. The lowest BCUT2D eigenvalue weighted by Crippen LogP contribution is -2.45. The van der Waals surface area contributed by atoms with Crippen molar-refractivity contribution < 1.29 is 18.7 Å². The summed E-state index contributed by atoms with van der Waals surface area (Å²) < 4.78 is 26.1. The fourth-order valence-corrected chi connectivity index (χ4v) is 3.95. The number of hydrogen-bond acceptors (Lipinski definition) is 2. The summed E-state index contributed by atoms with van der Waals surface area (Å²) in [6.45, 7) is 6.24. The van der Waals surface area contributed by atoms with Crippen LogP contribution in [0.15, 0.2) is 0 Å². The second-order valence-corrected chi connectivity index (χ2v) is 8.34. The highest BCUT2D eigenvalue weighted by molar-refractivity contribution is 7.99. The normalized spacial score (nSPS) is 19.1. The Labute approximate surface area is 136 Å². The largest absolute Gasteiger partial charge is 0.465 e. The van der Waals surface area contributed by atoms with E-state index in [0.717, 1.165) is 24.3 Å². The van der Waals surface area contributed by atoms with Crippen LogP contribution < -0.4 is 0 Å². The Morgan fingerprint density at radius 3 is 2.36 bits per heavy atom. The maximum Gasteiger partial charge on any atom is 0.407 e.